The third kappa shape index (κ3) is 4.57. The molecule has 4 aromatic rings. The molecule has 0 spiro atoms. The van der Waals surface area contributed by atoms with Crippen LogP contribution >= 0.6 is 11.6 Å². The maximum atomic E-state index is 12.6. The quantitative estimate of drug-likeness (QED) is 0.441. The standard InChI is InChI=1S/C24H16ClN7O/c1-13-14(2)31-22-19(23(27)29-12-21(22)30-13)6-3-15-7-17(11-28-10-15)24(33)32-18-5-4-16(9-26)20(25)8-18/h4-5,7-8,10-12H,1-2H3,(H2,27,29)(H,32,33). The van der Waals surface area contributed by atoms with E-state index >= 15 is 0 Å². The Bertz CT molecular complexity index is 1530. The van der Waals surface area contributed by atoms with Crippen LogP contribution in [0.1, 0.15) is 38.4 Å². The molecular weight excluding hydrogens is 438 g/mol. The van der Waals surface area contributed by atoms with E-state index in [0.717, 1.165) is 11.4 Å². The molecule has 0 aliphatic rings. The summed E-state index contributed by atoms with van der Waals surface area (Å²) in [4.78, 5) is 30.0. The fourth-order valence-corrected chi connectivity index (χ4v) is 3.21. The molecule has 9 heteroatoms. The van der Waals surface area contributed by atoms with Gasteiger partial charge in [-0.05, 0) is 38.1 Å². The van der Waals surface area contributed by atoms with E-state index in [1.54, 1.807) is 18.3 Å². The van der Waals surface area contributed by atoms with E-state index in [0.29, 0.717) is 39.0 Å². The number of benzene rings is 1. The Morgan fingerprint density at radius 1 is 1.09 bits per heavy atom. The van der Waals surface area contributed by atoms with E-state index in [9.17, 15) is 4.79 Å². The van der Waals surface area contributed by atoms with Crippen molar-refractivity contribution >= 4 is 40.0 Å². The number of carbonyl (C=O) groups excluding carboxylic acids is 1. The van der Waals surface area contributed by atoms with Crippen LogP contribution in [0.15, 0.2) is 42.9 Å². The van der Waals surface area contributed by atoms with E-state index < -0.39 is 5.91 Å². The highest BCUT2D eigenvalue weighted by molar-refractivity contribution is 6.32. The molecule has 8 nitrogen and oxygen atoms in total. The molecule has 33 heavy (non-hydrogen) atoms. The number of anilines is 2. The molecule has 0 radical (unpaired) electrons. The number of fused-ring (bicyclic) bond motifs is 1. The van der Waals surface area contributed by atoms with Crippen LogP contribution in [0.4, 0.5) is 11.5 Å². The predicted octanol–water partition coefficient (Wildman–Crippen LogP) is 3.80. The van der Waals surface area contributed by atoms with Gasteiger partial charge in [-0.25, -0.2) is 15.0 Å². The second-order valence-electron chi connectivity index (χ2n) is 7.12. The summed E-state index contributed by atoms with van der Waals surface area (Å²) in [6, 6.07) is 8.22. The number of nitrogens with two attached hydrogens (primary N) is 1. The van der Waals surface area contributed by atoms with Gasteiger partial charge in [-0.1, -0.05) is 23.4 Å². The number of halogens is 1. The Labute approximate surface area is 194 Å². The van der Waals surface area contributed by atoms with Crippen molar-refractivity contribution in [1.82, 2.24) is 19.9 Å². The van der Waals surface area contributed by atoms with Gasteiger partial charge in [0.1, 0.15) is 22.9 Å². The first-order valence-corrected chi connectivity index (χ1v) is 10.1. The lowest BCUT2D eigenvalue weighted by molar-refractivity contribution is 0.102. The van der Waals surface area contributed by atoms with Gasteiger partial charge in [-0.15, -0.1) is 0 Å². The number of amides is 1. The zero-order valence-corrected chi connectivity index (χ0v) is 18.4. The predicted molar refractivity (Wildman–Crippen MR) is 126 cm³/mol. The van der Waals surface area contributed by atoms with Crippen molar-refractivity contribution in [2.24, 2.45) is 0 Å². The van der Waals surface area contributed by atoms with Crippen LogP contribution in [0, 0.1) is 37.0 Å². The van der Waals surface area contributed by atoms with Crippen LogP contribution in [-0.4, -0.2) is 25.8 Å². The van der Waals surface area contributed by atoms with E-state index in [1.165, 1.54) is 24.5 Å². The second-order valence-corrected chi connectivity index (χ2v) is 7.53. The van der Waals surface area contributed by atoms with Crippen molar-refractivity contribution in [3.05, 3.63) is 81.5 Å². The van der Waals surface area contributed by atoms with E-state index in [1.807, 2.05) is 19.9 Å². The number of nitrogen functional groups attached to an aromatic ring is 1. The van der Waals surface area contributed by atoms with Crippen molar-refractivity contribution in [2.45, 2.75) is 13.8 Å². The molecule has 0 saturated carbocycles. The van der Waals surface area contributed by atoms with E-state index in [2.05, 4.69) is 37.1 Å². The monoisotopic (exact) mass is 453 g/mol. The Morgan fingerprint density at radius 3 is 2.64 bits per heavy atom. The summed E-state index contributed by atoms with van der Waals surface area (Å²) in [6.07, 6.45) is 4.53. The Kier molecular flexibility index (Phi) is 5.86. The molecular formula is C24H16ClN7O. The molecule has 0 aliphatic carbocycles. The SMILES string of the molecule is Cc1nc2cnc(N)c(C#Cc3cncc(C(=O)Nc4ccc(C#N)c(Cl)c4)c3)c2nc1C. The average Bonchev–Trinajstić information content (AvgIpc) is 2.80. The topological polar surface area (TPSA) is 130 Å². The van der Waals surface area contributed by atoms with Crippen LogP contribution in [0.2, 0.25) is 5.02 Å². The molecule has 1 amide bonds. The van der Waals surface area contributed by atoms with Gasteiger partial charge in [0.15, 0.2) is 0 Å². The zero-order chi connectivity index (χ0) is 23.5. The minimum absolute atomic E-state index is 0.243. The summed E-state index contributed by atoms with van der Waals surface area (Å²) >= 11 is 6.03. The highest BCUT2D eigenvalue weighted by atomic mass is 35.5. The van der Waals surface area contributed by atoms with Gasteiger partial charge in [-0.3, -0.25) is 9.78 Å². The van der Waals surface area contributed by atoms with Crippen LogP contribution in [0.3, 0.4) is 0 Å². The lowest BCUT2D eigenvalue weighted by Gasteiger charge is -2.06. The maximum Gasteiger partial charge on any atom is 0.257 e. The van der Waals surface area contributed by atoms with Gasteiger partial charge in [0, 0.05) is 23.6 Å². The van der Waals surface area contributed by atoms with Gasteiger partial charge < -0.3 is 11.1 Å². The first kappa shape index (κ1) is 21.7. The molecule has 3 N–H and O–H groups in total. The molecule has 1 aromatic carbocycles. The lowest BCUT2D eigenvalue weighted by Crippen LogP contribution is -2.12. The third-order valence-corrected chi connectivity index (χ3v) is 5.15. The smallest absolute Gasteiger partial charge is 0.257 e. The number of nitrogens with zero attached hydrogens (tertiary/aromatic N) is 5. The Balaban J connectivity index is 1.63. The van der Waals surface area contributed by atoms with Gasteiger partial charge in [-0.2, -0.15) is 5.26 Å². The van der Waals surface area contributed by atoms with Gasteiger partial charge in [0.2, 0.25) is 0 Å². The zero-order valence-electron chi connectivity index (χ0n) is 17.6. The maximum absolute atomic E-state index is 12.6. The number of carbonyl (C=O) groups is 1. The molecule has 160 valence electrons. The molecule has 3 heterocycles. The molecule has 0 bridgehead atoms. The number of nitriles is 1. The number of rotatable bonds is 2. The molecule has 4 rings (SSSR count). The summed E-state index contributed by atoms with van der Waals surface area (Å²) in [5.74, 6) is 5.82. The minimum Gasteiger partial charge on any atom is -0.383 e. The number of hydrogen-bond donors (Lipinski definition) is 2. The highest BCUT2D eigenvalue weighted by Gasteiger charge is 2.11. The van der Waals surface area contributed by atoms with Gasteiger partial charge >= 0.3 is 0 Å². The van der Waals surface area contributed by atoms with Gasteiger partial charge in [0.05, 0.1) is 39.3 Å². The van der Waals surface area contributed by atoms with Crippen molar-refractivity contribution in [1.29, 1.82) is 5.26 Å². The number of hydrogen-bond acceptors (Lipinski definition) is 7. The Morgan fingerprint density at radius 2 is 1.88 bits per heavy atom. The number of pyridine rings is 2. The second kappa shape index (κ2) is 8.91. The normalized spacial score (nSPS) is 10.2. The Hall–Kier alpha value is -4.53. The molecule has 0 aliphatic heterocycles. The van der Waals surface area contributed by atoms with Crippen molar-refractivity contribution < 1.29 is 4.79 Å². The molecule has 0 atom stereocenters. The third-order valence-electron chi connectivity index (χ3n) is 4.83. The van der Waals surface area contributed by atoms with Crippen molar-refractivity contribution in [3.63, 3.8) is 0 Å². The van der Waals surface area contributed by atoms with Crippen LogP contribution in [0.5, 0.6) is 0 Å². The van der Waals surface area contributed by atoms with Crippen LogP contribution in [0.25, 0.3) is 11.0 Å². The fourth-order valence-electron chi connectivity index (χ4n) is 2.99. The first-order chi connectivity index (χ1) is 15.9. The van der Waals surface area contributed by atoms with E-state index in [4.69, 9.17) is 22.6 Å². The summed E-state index contributed by atoms with van der Waals surface area (Å²) in [7, 11) is 0. The number of nitrogens with one attached hydrogen (secondary N) is 1. The van der Waals surface area contributed by atoms with Crippen molar-refractivity contribution in [3.8, 4) is 17.9 Å². The summed E-state index contributed by atoms with van der Waals surface area (Å²) < 4.78 is 0. The first-order valence-electron chi connectivity index (χ1n) is 9.73. The molecule has 0 fully saturated rings. The average molecular weight is 454 g/mol. The number of aryl methyl sites for hydroxylation is 2. The molecule has 0 unspecified atom stereocenters. The lowest BCUT2D eigenvalue weighted by atomic mass is 10.1. The van der Waals surface area contributed by atoms with Crippen LogP contribution in [-0.2, 0) is 0 Å². The molecule has 3 aromatic heterocycles. The summed E-state index contributed by atoms with van der Waals surface area (Å²) in [5, 5.41) is 12.0. The fraction of sp³-hybridized carbons (Fsp3) is 0.0833. The van der Waals surface area contributed by atoms with Gasteiger partial charge in [0.25, 0.3) is 5.91 Å². The number of aromatic nitrogens is 4. The highest BCUT2D eigenvalue weighted by Crippen LogP contribution is 2.21. The summed E-state index contributed by atoms with van der Waals surface area (Å²) in [5.41, 5.74) is 10.9. The molecule has 0 saturated heterocycles. The minimum atomic E-state index is -0.393. The largest absolute Gasteiger partial charge is 0.383 e. The van der Waals surface area contributed by atoms with Crippen molar-refractivity contribution in [2.75, 3.05) is 11.1 Å². The summed E-state index contributed by atoms with van der Waals surface area (Å²) in [6.45, 7) is 3.74. The van der Waals surface area contributed by atoms with E-state index in [-0.39, 0.29) is 10.8 Å². The van der Waals surface area contributed by atoms with Crippen LogP contribution < -0.4 is 11.1 Å².